The van der Waals surface area contributed by atoms with Crippen molar-refractivity contribution >= 4 is 39.1 Å². The van der Waals surface area contributed by atoms with Crippen LogP contribution in [0.1, 0.15) is 17.2 Å². The van der Waals surface area contributed by atoms with Crippen LogP contribution in [0.3, 0.4) is 0 Å². The van der Waals surface area contributed by atoms with Gasteiger partial charge in [-0.3, -0.25) is 0 Å². The summed E-state index contributed by atoms with van der Waals surface area (Å²) in [5.74, 6) is 0. The van der Waals surface area contributed by atoms with Crippen LogP contribution in [0, 0.1) is 0 Å². The first kappa shape index (κ1) is 12.9. The van der Waals surface area contributed by atoms with Gasteiger partial charge in [0.25, 0.3) is 0 Å². The zero-order valence-corrected chi connectivity index (χ0v) is 11.8. The van der Waals surface area contributed by atoms with Gasteiger partial charge in [-0.2, -0.15) is 0 Å². The van der Waals surface area contributed by atoms with E-state index in [1.54, 1.807) is 18.2 Å². The maximum absolute atomic E-state index is 10.3. The van der Waals surface area contributed by atoms with Crippen LogP contribution >= 0.6 is 39.1 Å². The second kappa shape index (κ2) is 5.40. The number of hydrogen-bond acceptors (Lipinski definition) is 1. The van der Waals surface area contributed by atoms with E-state index >= 15 is 0 Å². The zero-order chi connectivity index (χ0) is 12.4. The van der Waals surface area contributed by atoms with E-state index < -0.39 is 6.10 Å². The standard InChI is InChI=1S/C13H9BrCl2O/c14-12-4-2-1-3-11(12)13(17)8-5-9(15)7-10(16)6-8/h1-7,13,17H. The maximum Gasteiger partial charge on any atom is 0.105 e. The maximum atomic E-state index is 10.3. The predicted molar refractivity (Wildman–Crippen MR) is 74.7 cm³/mol. The molecule has 17 heavy (non-hydrogen) atoms. The number of aliphatic hydroxyl groups excluding tert-OH is 1. The van der Waals surface area contributed by atoms with Crippen molar-refractivity contribution in [2.24, 2.45) is 0 Å². The average molecular weight is 332 g/mol. The lowest BCUT2D eigenvalue weighted by molar-refractivity contribution is 0.219. The molecule has 1 nitrogen and oxygen atoms in total. The highest BCUT2D eigenvalue weighted by atomic mass is 79.9. The number of halogens is 3. The van der Waals surface area contributed by atoms with Gasteiger partial charge >= 0.3 is 0 Å². The molecule has 2 rings (SSSR count). The second-order valence-corrected chi connectivity index (χ2v) is 5.35. The Morgan fingerprint density at radius 1 is 1.00 bits per heavy atom. The van der Waals surface area contributed by atoms with E-state index in [9.17, 15) is 5.11 Å². The quantitative estimate of drug-likeness (QED) is 0.835. The van der Waals surface area contributed by atoms with Crippen molar-refractivity contribution in [3.8, 4) is 0 Å². The molecule has 2 aromatic carbocycles. The molecule has 0 spiro atoms. The van der Waals surface area contributed by atoms with E-state index in [-0.39, 0.29) is 0 Å². The molecule has 0 radical (unpaired) electrons. The highest BCUT2D eigenvalue weighted by molar-refractivity contribution is 9.10. The molecule has 1 atom stereocenters. The highest BCUT2D eigenvalue weighted by Crippen LogP contribution is 2.31. The predicted octanol–water partition coefficient (Wildman–Crippen LogP) is 4.84. The first-order chi connectivity index (χ1) is 8.08. The normalized spacial score (nSPS) is 12.5. The van der Waals surface area contributed by atoms with Crippen molar-refractivity contribution in [3.63, 3.8) is 0 Å². The second-order valence-electron chi connectivity index (χ2n) is 3.63. The minimum Gasteiger partial charge on any atom is -0.384 e. The van der Waals surface area contributed by atoms with E-state index in [0.29, 0.717) is 15.6 Å². The summed E-state index contributed by atoms with van der Waals surface area (Å²) in [4.78, 5) is 0. The van der Waals surface area contributed by atoms with Crippen molar-refractivity contribution in [3.05, 3.63) is 68.1 Å². The Bertz CT molecular complexity index is 522. The smallest absolute Gasteiger partial charge is 0.105 e. The van der Waals surface area contributed by atoms with E-state index in [1.165, 1.54) is 0 Å². The molecule has 2 aromatic rings. The molecule has 0 saturated carbocycles. The van der Waals surface area contributed by atoms with Crippen LogP contribution in [0.15, 0.2) is 46.9 Å². The molecule has 0 saturated heterocycles. The summed E-state index contributed by atoms with van der Waals surface area (Å²) in [6.07, 6.45) is -0.748. The monoisotopic (exact) mass is 330 g/mol. The van der Waals surface area contributed by atoms with Gasteiger partial charge < -0.3 is 5.11 Å². The minimum absolute atomic E-state index is 0.513. The molecule has 0 bridgehead atoms. The van der Waals surface area contributed by atoms with Crippen LogP contribution in [0.2, 0.25) is 10.0 Å². The van der Waals surface area contributed by atoms with Crippen LogP contribution in [-0.2, 0) is 0 Å². The van der Waals surface area contributed by atoms with Crippen molar-refractivity contribution in [2.75, 3.05) is 0 Å². The summed E-state index contributed by atoms with van der Waals surface area (Å²) >= 11 is 15.2. The summed E-state index contributed by atoms with van der Waals surface area (Å²) in [5.41, 5.74) is 1.46. The van der Waals surface area contributed by atoms with Gasteiger partial charge in [-0.25, -0.2) is 0 Å². The lowest BCUT2D eigenvalue weighted by Gasteiger charge is -2.13. The summed E-state index contributed by atoms with van der Waals surface area (Å²) < 4.78 is 0.851. The molecule has 0 amide bonds. The SMILES string of the molecule is OC(c1cc(Cl)cc(Cl)c1)c1ccccc1Br. The van der Waals surface area contributed by atoms with Crippen LogP contribution in [-0.4, -0.2) is 5.11 Å². The minimum atomic E-state index is -0.748. The molecule has 0 aromatic heterocycles. The van der Waals surface area contributed by atoms with Crippen LogP contribution in [0.4, 0.5) is 0 Å². The summed E-state index contributed by atoms with van der Waals surface area (Å²) in [5, 5.41) is 11.3. The summed E-state index contributed by atoms with van der Waals surface area (Å²) in [6.45, 7) is 0. The first-order valence-electron chi connectivity index (χ1n) is 4.96. The van der Waals surface area contributed by atoms with Gasteiger partial charge in [0.15, 0.2) is 0 Å². The van der Waals surface area contributed by atoms with Crippen LogP contribution in [0.25, 0.3) is 0 Å². The van der Waals surface area contributed by atoms with Gasteiger partial charge in [0.2, 0.25) is 0 Å². The number of benzene rings is 2. The Kier molecular flexibility index (Phi) is 4.10. The lowest BCUT2D eigenvalue weighted by Crippen LogP contribution is -2.00. The molecule has 0 aliphatic heterocycles. The number of hydrogen-bond donors (Lipinski definition) is 1. The topological polar surface area (TPSA) is 20.2 Å². The van der Waals surface area contributed by atoms with E-state index in [1.807, 2.05) is 24.3 Å². The Balaban J connectivity index is 2.43. The zero-order valence-electron chi connectivity index (χ0n) is 8.70. The molecule has 0 fully saturated rings. The lowest BCUT2D eigenvalue weighted by atomic mass is 10.0. The molecule has 1 N–H and O–H groups in total. The number of aliphatic hydroxyl groups is 1. The largest absolute Gasteiger partial charge is 0.384 e. The molecular formula is C13H9BrCl2O. The molecule has 0 heterocycles. The Morgan fingerprint density at radius 3 is 2.18 bits per heavy atom. The van der Waals surface area contributed by atoms with E-state index in [4.69, 9.17) is 23.2 Å². The van der Waals surface area contributed by atoms with Crippen molar-refractivity contribution in [1.82, 2.24) is 0 Å². The molecule has 88 valence electrons. The molecule has 4 heteroatoms. The van der Waals surface area contributed by atoms with Gasteiger partial charge in [-0.05, 0) is 35.4 Å². The third kappa shape index (κ3) is 3.02. The fourth-order valence-electron chi connectivity index (χ4n) is 1.61. The van der Waals surface area contributed by atoms with Gasteiger partial charge in [0.05, 0.1) is 0 Å². The van der Waals surface area contributed by atoms with Crippen molar-refractivity contribution in [1.29, 1.82) is 0 Å². The van der Waals surface area contributed by atoms with E-state index in [0.717, 1.165) is 10.0 Å². The van der Waals surface area contributed by atoms with Gasteiger partial charge in [0, 0.05) is 14.5 Å². The Labute approximate surface area is 118 Å². The summed E-state index contributed by atoms with van der Waals surface area (Å²) in [7, 11) is 0. The van der Waals surface area contributed by atoms with Gasteiger partial charge in [-0.15, -0.1) is 0 Å². The molecule has 0 aliphatic rings. The van der Waals surface area contributed by atoms with Gasteiger partial charge in [0.1, 0.15) is 6.10 Å². The third-order valence-corrected chi connectivity index (χ3v) is 3.56. The third-order valence-electron chi connectivity index (χ3n) is 2.40. The van der Waals surface area contributed by atoms with Crippen LogP contribution in [0.5, 0.6) is 0 Å². The van der Waals surface area contributed by atoms with Crippen molar-refractivity contribution < 1.29 is 5.11 Å². The fourth-order valence-corrected chi connectivity index (χ4v) is 2.65. The first-order valence-corrected chi connectivity index (χ1v) is 6.51. The fraction of sp³-hybridized carbons (Fsp3) is 0.0769. The number of rotatable bonds is 2. The Hall–Kier alpha value is -0.540. The molecule has 0 aliphatic carbocycles. The molecule has 1 unspecified atom stereocenters. The van der Waals surface area contributed by atoms with Gasteiger partial charge in [-0.1, -0.05) is 57.3 Å². The average Bonchev–Trinajstić information content (AvgIpc) is 2.27. The summed E-state index contributed by atoms with van der Waals surface area (Å²) in [6, 6.07) is 12.5. The van der Waals surface area contributed by atoms with Crippen molar-refractivity contribution in [2.45, 2.75) is 6.10 Å². The Morgan fingerprint density at radius 2 is 1.59 bits per heavy atom. The van der Waals surface area contributed by atoms with Crippen LogP contribution < -0.4 is 0 Å². The highest BCUT2D eigenvalue weighted by Gasteiger charge is 2.14. The molecular weight excluding hydrogens is 323 g/mol. The van der Waals surface area contributed by atoms with E-state index in [2.05, 4.69) is 15.9 Å².